The molecule has 0 aromatic heterocycles. The average molecular weight is 511 g/mol. The zero-order valence-electron chi connectivity index (χ0n) is 17.5. The first-order valence-electron chi connectivity index (χ1n) is 10.6. The third kappa shape index (κ3) is 6.83. The second kappa shape index (κ2) is 12.4. The molecule has 0 radical (unpaired) electrons. The molecule has 1 saturated carbocycles. The lowest BCUT2D eigenvalue weighted by Gasteiger charge is -2.48. The zero-order chi connectivity index (χ0) is 19.7. The lowest BCUT2D eigenvalue weighted by Crippen LogP contribution is -2.60. The summed E-state index contributed by atoms with van der Waals surface area (Å²) in [5, 5.41) is 15.9. The van der Waals surface area contributed by atoms with Crippen LogP contribution in [0.1, 0.15) is 50.2 Å². The van der Waals surface area contributed by atoms with E-state index in [1.54, 1.807) is 0 Å². The number of hydrogen-bond donors (Lipinski definition) is 2. The predicted molar refractivity (Wildman–Crippen MR) is 128 cm³/mol. The molecule has 1 aromatic rings. The van der Waals surface area contributed by atoms with Crippen LogP contribution in [0.5, 0.6) is 0 Å². The monoisotopic (exact) mass is 511 g/mol. The Morgan fingerprint density at radius 1 is 1.14 bits per heavy atom. The Balaban J connectivity index is 0.00000300. The number of rotatable bonds is 6. The zero-order valence-corrected chi connectivity index (χ0v) is 19.8. The van der Waals surface area contributed by atoms with Crippen LogP contribution in [0, 0.1) is 11.3 Å². The Hall–Kier alpha value is -1.37. The highest BCUT2D eigenvalue weighted by Crippen LogP contribution is 2.33. The summed E-state index contributed by atoms with van der Waals surface area (Å²) in [5.74, 6) is 0.866. The van der Waals surface area contributed by atoms with E-state index in [2.05, 4.69) is 28.5 Å². The van der Waals surface area contributed by atoms with Crippen molar-refractivity contribution in [3.8, 4) is 6.07 Å². The van der Waals surface area contributed by atoms with Gasteiger partial charge in [0, 0.05) is 31.7 Å². The number of benzene rings is 1. The smallest absolute Gasteiger partial charge is 0.191 e. The summed E-state index contributed by atoms with van der Waals surface area (Å²) in [5.41, 5.74) is 2.01. The summed E-state index contributed by atoms with van der Waals surface area (Å²) in [6, 6.07) is 9.80. The molecular weight excluding hydrogens is 477 g/mol. The molecule has 29 heavy (non-hydrogen) atoms. The van der Waals surface area contributed by atoms with Gasteiger partial charge < -0.3 is 15.4 Å². The van der Waals surface area contributed by atoms with Gasteiger partial charge in [-0.1, -0.05) is 31.4 Å². The highest BCUT2D eigenvalue weighted by atomic mass is 127. The van der Waals surface area contributed by atoms with Gasteiger partial charge >= 0.3 is 0 Å². The van der Waals surface area contributed by atoms with E-state index < -0.39 is 0 Å². The number of morpholine rings is 1. The molecule has 0 spiro atoms. The van der Waals surface area contributed by atoms with E-state index in [-0.39, 0.29) is 29.5 Å². The maximum atomic E-state index is 8.93. The van der Waals surface area contributed by atoms with Gasteiger partial charge in [-0.15, -0.1) is 24.0 Å². The lowest BCUT2D eigenvalue weighted by molar-refractivity contribution is -0.0352. The average Bonchev–Trinajstić information content (AvgIpc) is 2.77. The van der Waals surface area contributed by atoms with Crippen LogP contribution in [0.4, 0.5) is 0 Å². The molecule has 0 atom stereocenters. The fraction of sp³-hybridized carbons (Fsp3) is 0.636. The van der Waals surface area contributed by atoms with Gasteiger partial charge in [0.2, 0.25) is 0 Å². The third-order valence-corrected chi connectivity index (χ3v) is 5.90. The van der Waals surface area contributed by atoms with E-state index in [1.165, 1.54) is 32.1 Å². The van der Waals surface area contributed by atoms with Gasteiger partial charge in [-0.05, 0) is 37.5 Å². The first-order valence-corrected chi connectivity index (χ1v) is 10.6. The van der Waals surface area contributed by atoms with Crippen molar-refractivity contribution in [2.24, 2.45) is 4.99 Å². The molecule has 0 bridgehead atoms. The molecule has 6 nitrogen and oxygen atoms in total. The molecule has 2 N–H and O–H groups in total. The number of hydrogen-bond acceptors (Lipinski definition) is 4. The number of ether oxygens (including phenoxy) is 1. The lowest BCUT2D eigenvalue weighted by atomic mass is 9.80. The van der Waals surface area contributed by atoms with E-state index in [1.807, 2.05) is 24.3 Å². The molecule has 160 valence electrons. The first-order chi connectivity index (χ1) is 13.8. The van der Waals surface area contributed by atoms with Gasteiger partial charge in [-0.2, -0.15) is 5.26 Å². The number of guanidine groups is 1. The Bertz CT molecular complexity index is 673. The summed E-state index contributed by atoms with van der Waals surface area (Å²) >= 11 is 0. The standard InChI is InChI=1S/C22H33N5O.HI/c1-2-24-21(25-17-20-8-6-19(16-23)7-9-20)26-18-22(10-4-3-5-11-22)27-12-14-28-15-13-27;/h6-9H,2-5,10-15,17-18H2,1H3,(H2,24,25,26);1H. The second-order valence-electron chi connectivity index (χ2n) is 7.74. The van der Waals surface area contributed by atoms with E-state index in [0.29, 0.717) is 12.1 Å². The molecular formula is C22H34IN5O. The van der Waals surface area contributed by atoms with Crippen molar-refractivity contribution < 1.29 is 4.74 Å². The molecule has 2 aliphatic rings. The Kier molecular flexibility index (Phi) is 10.2. The van der Waals surface area contributed by atoms with Crippen LogP contribution in [-0.4, -0.2) is 55.8 Å². The van der Waals surface area contributed by atoms with Crippen molar-refractivity contribution in [1.82, 2.24) is 15.5 Å². The van der Waals surface area contributed by atoms with Crippen LogP contribution in [0.3, 0.4) is 0 Å². The van der Waals surface area contributed by atoms with Gasteiger partial charge in [0.15, 0.2) is 5.96 Å². The van der Waals surface area contributed by atoms with E-state index in [4.69, 9.17) is 15.0 Å². The molecule has 1 heterocycles. The maximum Gasteiger partial charge on any atom is 0.191 e. The first kappa shape index (κ1) is 23.9. The van der Waals surface area contributed by atoms with Crippen molar-refractivity contribution in [3.63, 3.8) is 0 Å². The number of nitrogens with one attached hydrogen (secondary N) is 2. The second-order valence-corrected chi connectivity index (χ2v) is 7.74. The normalized spacial score (nSPS) is 19.7. The van der Waals surface area contributed by atoms with Gasteiger partial charge in [0.05, 0.1) is 31.4 Å². The summed E-state index contributed by atoms with van der Waals surface area (Å²) < 4.78 is 5.59. The number of halogens is 1. The van der Waals surface area contributed by atoms with Crippen molar-refractivity contribution in [2.75, 3.05) is 39.4 Å². The molecule has 2 fully saturated rings. The van der Waals surface area contributed by atoms with Crippen LogP contribution >= 0.6 is 24.0 Å². The molecule has 1 aliphatic carbocycles. The maximum absolute atomic E-state index is 8.93. The fourth-order valence-corrected chi connectivity index (χ4v) is 4.30. The van der Waals surface area contributed by atoms with E-state index in [9.17, 15) is 0 Å². The van der Waals surface area contributed by atoms with E-state index in [0.717, 1.165) is 50.9 Å². The van der Waals surface area contributed by atoms with Crippen LogP contribution in [-0.2, 0) is 11.3 Å². The van der Waals surface area contributed by atoms with Crippen molar-refractivity contribution in [2.45, 2.75) is 51.1 Å². The fourth-order valence-electron chi connectivity index (χ4n) is 4.30. The minimum Gasteiger partial charge on any atom is -0.379 e. The Labute approximate surface area is 192 Å². The van der Waals surface area contributed by atoms with Gasteiger partial charge in [0.25, 0.3) is 0 Å². The summed E-state index contributed by atoms with van der Waals surface area (Å²) in [7, 11) is 0. The minimum absolute atomic E-state index is 0. The summed E-state index contributed by atoms with van der Waals surface area (Å²) in [6.07, 6.45) is 6.44. The van der Waals surface area contributed by atoms with Crippen LogP contribution in [0.25, 0.3) is 0 Å². The molecule has 1 aliphatic heterocycles. The minimum atomic E-state index is 0. The molecule has 1 aromatic carbocycles. The quantitative estimate of drug-likeness (QED) is 0.349. The molecule has 0 unspecified atom stereocenters. The molecule has 0 amide bonds. The number of nitriles is 1. The van der Waals surface area contributed by atoms with Gasteiger partial charge in [-0.25, -0.2) is 4.99 Å². The van der Waals surface area contributed by atoms with Crippen molar-refractivity contribution >= 4 is 29.9 Å². The molecule has 3 rings (SSSR count). The largest absolute Gasteiger partial charge is 0.379 e. The molecule has 7 heteroatoms. The van der Waals surface area contributed by atoms with Crippen LogP contribution in [0.15, 0.2) is 29.3 Å². The Morgan fingerprint density at radius 3 is 2.45 bits per heavy atom. The highest BCUT2D eigenvalue weighted by molar-refractivity contribution is 14.0. The predicted octanol–water partition coefficient (Wildman–Crippen LogP) is 3.27. The summed E-state index contributed by atoms with van der Waals surface area (Å²) in [4.78, 5) is 7.41. The highest BCUT2D eigenvalue weighted by Gasteiger charge is 2.38. The number of aliphatic imine (C=N–C) groups is 1. The number of nitrogens with zero attached hydrogens (tertiary/aromatic N) is 3. The Morgan fingerprint density at radius 2 is 1.83 bits per heavy atom. The molecule has 1 saturated heterocycles. The van der Waals surface area contributed by atoms with Crippen molar-refractivity contribution in [3.05, 3.63) is 35.4 Å². The third-order valence-electron chi connectivity index (χ3n) is 5.90. The van der Waals surface area contributed by atoms with Crippen LogP contribution in [0.2, 0.25) is 0 Å². The van der Waals surface area contributed by atoms with Gasteiger partial charge in [-0.3, -0.25) is 4.90 Å². The van der Waals surface area contributed by atoms with Crippen molar-refractivity contribution in [1.29, 1.82) is 5.26 Å². The SMILES string of the molecule is CCNC(=NCc1ccc(C#N)cc1)NCC1(N2CCOCC2)CCCCC1.I. The topological polar surface area (TPSA) is 72.7 Å². The summed E-state index contributed by atoms with van der Waals surface area (Å²) in [6.45, 7) is 8.20. The van der Waals surface area contributed by atoms with Crippen LogP contribution < -0.4 is 10.6 Å². The van der Waals surface area contributed by atoms with E-state index >= 15 is 0 Å². The van der Waals surface area contributed by atoms with Gasteiger partial charge in [0.1, 0.15) is 0 Å².